The number of benzene rings is 2. The minimum atomic E-state index is 0.456. The summed E-state index contributed by atoms with van der Waals surface area (Å²) in [5.74, 6) is 0. The normalized spacial score (nSPS) is 10.5. The lowest BCUT2D eigenvalue weighted by molar-refractivity contribution is 1.23. The highest BCUT2D eigenvalue weighted by Gasteiger charge is 2.04. The van der Waals surface area contributed by atoms with E-state index < -0.39 is 0 Å². The summed E-state index contributed by atoms with van der Waals surface area (Å²) in [4.78, 5) is 4.63. The number of pyridine rings is 1. The van der Waals surface area contributed by atoms with Crippen LogP contribution in [0.25, 0.3) is 22.0 Å². The molecule has 1 aromatic heterocycles. The van der Waals surface area contributed by atoms with Crippen LogP contribution < -0.4 is 0 Å². The van der Waals surface area contributed by atoms with Crippen LogP contribution in [-0.4, -0.2) is 4.98 Å². The molecule has 21 heavy (non-hydrogen) atoms. The second-order valence-corrected chi connectivity index (χ2v) is 5.34. The standard InChI is InChI=1S/C19H16N2/c1-13-11-14(2)21-19-12-17(7-8-18(13)19)16-5-3-15(4-6-16)9-10-20/h3-8,11-12H,9H2,1-2H3. The SMILES string of the molecule is Cc1cc(C)c2ccc(-c3ccc(CC#N)cc3)cc2n1. The highest BCUT2D eigenvalue weighted by atomic mass is 14.7. The molecule has 0 N–H and O–H groups in total. The van der Waals surface area contributed by atoms with Gasteiger partial charge in [-0.05, 0) is 48.2 Å². The van der Waals surface area contributed by atoms with Crippen LogP contribution in [0.3, 0.4) is 0 Å². The largest absolute Gasteiger partial charge is 0.253 e. The number of hydrogen-bond acceptors (Lipinski definition) is 2. The first-order valence-corrected chi connectivity index (χ1v) is 7.01. The molecule has 0 fully saturated rings. The third kappa shape index (κ3) is 2.64. The van der Waals surface area contributed by atoms with E-state index in [2.05, 4.69) is 54.4 Å². The Morgan fingerprint density at radius 2 is 1.67 bits per heavy atom. The smallest absolute Gasteiger partial charge is 0.0714 e. The molecule has 0 saturated carbocycles. The number of nitriles is 1. The average Bonchev–Trinajstić information content (AvgIpc) is 2.47. The number of aromatic nitrogens is 1. The fourth-order valence-electron chi connectivity index (χ4n) is 2.66. The van der Waals surface area contributed by atoms with Crippen LogP contribution in [0.1, 0.15) is 16.8 Å². The van der Waals surface area contributed by atoms with Gasteiger partial charge in [-0.15, -0.1) is 0 Å². The molecule has 0 bridgehead atoms. The van der Waals surface area contributed by atoms with Crippen LogP contribution in [-0.2, 0) is 6.42 Å². The molecule has 2 nitrogen and oxygen atoms in total. The van der Waals surface area contributed by atoms with Crippen LogP contribution in [0.4, 0.5) is 0 Å². The van der Waals surface area contributed by atoms with Crippen molar-refractivity contribution in [2.24, 2.45) is 0 Å². The van der Waals surface area contributed by atoms with Gasteiger partial charge in [-0.25, -0.2) is 0 Å². The van der Waals surface area contributed by atoms with Crippen LogP contribution in [0.2, 0.25) is 0 Å². The van der Waals surface area contributed by atoms with E-state index in [9.17, 15) is 0 Å². The van der Waals surface area contributed by atoms with Crippen molar-refractivity contribution in [1.82, 2.24) is 4.98 Å². The average molecular weight is 272 g/mol. The summed E-state index contributed by atoms with van der Waals surface area (Å²) < 4.78 is 0. The molecular formula is C19H16N2. The Morgan fingerprint density at radius 1 is 0.952 bits per heavy atom. The van der Waals surface area contributed by atoms with Gasteiger partial charge >= 0.3 is 0 Å². The number of hydrogen-bond donors (Lipinski definition) is 0. The lowest BCUT2D eigenvalue weighted by atomic mass is 10.00. The molecule has 0 atom stereocenters. The molecule has 102 valence electrons. The Labute approximate surface area is 124 Å². The highest BCUT2D eigenvalue weighted by molar-refractivity contribution is 5.86. The molecule has 0 aliphatic carbocycles. The zero-order chi connectivity index (χ0) is 14.8. The van der Waals surface area contributed by atoms with Gasteiger partial charge in [-0.1, -0.05) is 36.4 Å². The summed E-state index contributed by atoms with van der Waals surface area (Å²) in [6.07, 6.45) is 0.456. The van der Waals surface area contributed by atoms with Crippen molar-refractivity contribution in [2.45, 2.75) is 20.3 Å². The Bertz CT molecular complexity index is 840. The lowest BCUT2D eigenvalue weighted by Crippen LogP contribution is -1.88. The Kier molecular flexibility index (Phi) is 3.41. The molecule has 1 heterocycles. The van der Waals surface area contributed by atoms with Crippen molar-refractivity contribution in [3.8, 4) is 17.2 Å². The van der Waals surface area contributed by atoms with E-state index in [1.165, 1.54) is 10.9 Å². The van der Waals surface area contributed by atoms with Crippen molar-refractivity contribution in [3.05, 3.63) is 65.4 Å². The van der Waals surface area contributed by atoms with Gasteiger partial charge in [-0.3, -0.25) is 4.98 Å². The molecule has 0 radical (unpaired) electrons. The summed E-state index contributed by atoms with van der Waals surface area (Å²) in [6, 6.07) is 18.8. The van der Waals surface area contributed by atoms with Crippen LogP contribution in [0.5, 0.6) is 0 Å². The maximum Gasteiger partial charge on any atom is 0.0714 e. The van der Waals surface area contributed by atoms with Crippen LogP contribution in [0.15, 0.2) is 48.5 Å². The first kappa shape index (κ1) is 13.3. The van der Waals surface area contributed by atoms with Gasteiger partial charge in [0.2, 0.25) is 0 Å². The van der Waals surface area contributed by atoms with Crippen LogP contribution in [0, 0.1) is 25.2 Å². The van der Waals surface area contributed by atoms with Gasteiger partial charge in [0.1, 0.15) is 0 Å². The predicted molar refractivity (Wildman–Crippen MR) is 86.0 cm³/mol. The zero-order valence-corrected chi connectivity index (χ0v) is 12.2. The number of fused-ring (bicyclic) bond motifs is 1. The molecule has 2 heteroatoms. The second-order valence-electron chi connectivity index (χ2n) is 5.34. The zero-order valence-electron chi connectivity index (χ0n) is 12.2. The summed E-state index contributed by atoms with van der Waals surface area (Å²) in [7, 11) is 0. The Morgan fingerprint density at radius 3 is 2.38 bits per heavy atom. The van der Waals surface area contributed by atoms with Gasteiger partial charge in [0.25, 0.3) is 0 Å². The Hall–Kier alpha value is -2.66. The maximum atomic E-state index is 8.72. The number of nitrogens with zero attached hydrogens (tertiary/aromatic N) is 2. The molecule has 3 aromatic rings. The molecule has 0 saturated heterocycles. The first-order chi connectivity index (χ1) is 10.2. The van der Waals surface area contributed by atoms with Crippen molar-refractivity contribution in [1.29, 1.82) is 5.26 Å². The summed E-state index contributed by atoms with van der Waals surface area (Å²) in [6.45, 7) is 4.14. The lowest BCUT2D eigenvalue weighted by Gasteiger charge is -2.07. The van der Waals surface area contributed by atoms with E-state index in [-0.39, 0.29) is 0 Å². The van der Waals surface area contributed by atoms with Gasteiger partial charge in [0.15, 0.2) is 0 Å². The van der Waals surface area contributed by atoms with Gasteiger partial charge < -0.3 is 0 Å². The summed E-state index contributed by atoms with van der Waals surface area (Å²) in [5, 5.41) is 9.92. The molecular weight excluding hydrogens is 256 g/mol. The van der Waals surface area contributed by atoms with E-state index in [0.29, 0.717) is 6.42 Å². The molecule has 0 unspecified atom stereocenters. The van der Waals surface area contributed by atoms with Gasteiger partial charge in [0, 0.05) is 11.1 Å². The summed E-state index contributed by atoms with van der Waals surface area (Å²) in [5.41, 5.74) is 6.69. The third-order valence-corrected chi connectivity index (χ3v) is 3.72. The van der Waals surface area contributed by atoms with Crippen molar-refractivity contribution >= 4 is 10.9 Å². The summed E-state index contributed by atoms with van der Waals surface area (Å²) >= 11 is 0. The minimum Gasteiger partial charge on any atom is -0.253 e. The number of aryl methyl sites for hydroxylation is 2. The molecule has 0 amide bonds. The quantitative estimate of drug-likeness (QED) is 0.684. The molecule has 2 aromatic carbocycles. The van der Waals surface area contributed by atoms with Crippen molar-refractivity contribution in [3.63, 3.8) is 0 Å². The van der Waals surface area contributed by atoms with E-state index in [4.69, 9.17) is 5.26 Å². The van der Waals surface area contributed by atoms with E-state index in [1.807, 2.05) is 19.1 Å². The topological polar surface area (TPSA) is 36.7 Å². The molecule has 3 rings (SSSR count). The highest BCUT2D eigenvalue weighted by Crippen LogP contribution is 2.26. The molecule has 0 aliphatic rings. The van der Waals surface area contributed by atoms with Crippen molar-refractivity contribution < 1.29 is 0 Å². The van der Waals surface area contributed by atoms with Gasteiger partial charge in [-0.2, -0.15) is 5.26 Å². The minimum absolute atomic E-state index is 0.456. The predicted octanol–water partition coefficient (Wildman–Crippen LogP) is 4.58. The monoisotopic (exact) mass is 272 g/mol. The Balaban J connectivity index is 2.06. The fraction of sp³-hybridized carbons (Fsp3) is 0.158. The molecule has 0 spiro atoms. The van der Waals surface area contributed by atoms with Crippen molar-refractivity contribution in [2.75, 3.05) is 0 Å². The third-order valence-electron chi connectivity index (χ3n) is 3.72. The van der Waals surface area contributed by atoms with Crippen LogP contribution >= 0.6 is 0 Å². The van der Waals surface area contributed by atoms with E-state index >= 15 is 0 Å². The van der Waals surface area contributed by atoms with E-state index in [0.717, 1.165) is 27.9 Å². The second kappa shape index (κ2) is 5.38. The fourth-order valence-corrected chi connectivity index (χ4v) is 2.66. The first-order valence-electron chi connectivity index (χ1n) is 7.01. The van der Waals surface area contributed by atoms with Gasteiger partial charge in [0.05, 0.1) is 18.0 Å². The molecule has 0 aliphatic heterocycles. The number of rotatable bonds is 2. The van der Waals surface area contributed by atoms with E-state index in [1.54, 1.807) is 0 Å². The maximum absolute atomic E-state index is 8.72.